The Bertz CT molecular complexity index is 433. The summed E-state index contributed by atoms with van der Waals surface area (Å²) in [5, 5.41) is 5.88. The van der Waals surface area contributed by atoms with E-state index in [2.05, 4.69) is 20.6 Å². The molecule has 0 radical (unpaired) electrons. The van der Waals surface area contributed by atoms with Crippen LogP contribution in [0.1, 0.15) is 45.2 Å². The molecule has 1 aliphatic heterocycles. The maximum atomic E-state index is 11.5. The fraction of sp³-hybridized carbons (Fsp3) is 0.615. The molecule has 1 amide bonds. The van der Waals surface area contributed by atoms with E-state index in [1.807, 2.05) is 20.8 Å². The van der Waals surface area contributed by atoms with Crippen LogP contribution in [0.5, 0.6) is 0 Å². The summed E-state index contributed by atoms with van der Waals surface area (Å²) in [4.78, 5) is 19.8. The van der Waals surface area contributed by atoms with Crippen LogP contribution in [-0.4, -0.2) is 28.2 Å². The molecule has 0 aliphatic carbocycles. The number of rotatable bonds is 2. The zero-order valence-corrected chi connectivity index (χ0v) is 11.6. The minimum atomic E-state index is -0.542. The summed E-state index contributed by atoms with van der Waals surface area (Å²) in [6.07, 6.45) is 5.20. The van der Waals surface area contributed by atoms with Gasteiger partial charge >= 0.3 is 6.09 Å². The van der Waals surface area contributed by atoms with E-state index in [9.17, 15) is 4.79 Å². The maximum absolute atomic E-state index is 11.5. The second kappa shape index (κ2) is 5.52. The van der Waals surface area contributed by atoms with Crippen LogP contribution in [0.25, 0.3) is 0 Å². The second-order valence-corrected chi connectivity index (χ2v) is 5.62. The average molecular weight is 264 g/mol. The number of amides is 1. The molecular weight excluding hydrogens is 244 g/mol. The minimum absolute atomic E-state index is 0.260. The topological polar surface area (TPSA) is 76.1 Å². The molecule has 6 nitrogen and oxygen atoms in total. The Kier molecular flexibility index (Phi) is 3.99. The summed E-state index contributed by atoms with van der Waals surface area (Å²) < 4.78 is 5.13. The van der Waals surface area contributed by atoms with Crippen LogP contribution in [0.4, 0.5) is 10.7 Å². The van der Waals surface area contributed by atoms with Gasteiger partial charge in [-0.2, -0.15) is 0 Å². The van der Waals surface area contributed by atoms with E-state index in [0.717, 1.165) is 18.5 Å². The third kappa shape index (κ3) is 4.17. The first-order chi connectivity index (χ1) is 8.94. The average Bonchev–Trinajstić information content (AvgIpc) is 2.80. The van der Waals surface area contributed by atoms with Gasteiger partial charge in [0.1, 0.15) is 5.60 Å². The predicted molar refractivity (Wildman–Crippen MR) is 71.9 cm³/mol. The number of nitrogens with zero attached hydrogens (tertiary/aromatic N) is 2. The predicted octanol–water partition coefficient (Wildman–Crippen LogP) is 2.25. The minimum Gasteiger partial charge on any atom is -0.444 e. The fourth-order valence-electron chi connectivity index (χ4n) is 1.95. The molecule has 1 aromatic heterocycles. The van der Waals surface area contributed by atoms with Crippen LogP contribution < -0.4 is 10.6 Å². The van der Waals surface area contributed by atoms with E-state index < -0.39 is 11.7 Å². The van der Waals surface area contributed by atoms with Crippen molar-refractivity contribution in [1.29, 1.82) is 0 Å². The number of hydrogen-bond donors (Lipinski definition) is 2. The lowest BCUT2D eigenvalue weighted by Gasteiger charge is -2.19. The van der Waals surface area contributed by atoms with Crippen LogP contribution in [-0.2, 0) is 4.74 Å². The molecule has 0 bridgehead atoms. The molecule has 1 saturated heterocycles. The Morgan fingerprint density at radius 3 is 2.63 bits per heavy atom. The molecule has 6 heteroatoms. The number of nitrogens with one attached hydrogen (secondary N) is 2. The SMILES string of the molecule is CC(C)(C)OC(=O)Nc1ncc(C2CCCN2)cn1. The molecular formula is C13H20N4O2. The lowest BCUT2D eigenvalue weighted by Crippen LogP contribution is -2.27. The molecule has 1 aromatic rings. The number of aromatic nitrogens is 2. The largest absolute Gasteiger partial charge is 0.444 e. The van der Waals surface area contributed by atoms with Crippen molar-refractivity contribution in [1.82, 2.24) is 15.3 Å². The standard InChI is InChI=1S/C13H20N4O2/c1-13(2,3)19-12(18)17-11-15-7-9(8-16-11)10-5-4-6-14-10/h7-8,10,14H,4-6H2,1-3H3,(H,15,16,17,18). The first kappa shape index (κ1) is 13.7. The third-order valence-corrected chi connectivity index (χ3v) is 2.75. The van der Waals surface area contributed by atoms with Crippen LogP contribution in [0, 0.1) is 0 Å². The van der Waals surface area contributed by atoms with E-state index in [0.29, 0.717) is 6.04 Å². The maximum Gasteiger partial charge on any atom is 0.414 e. The van der Waals surface area contributed by atoms with Gasteiger partial charge in [0, 0.05) is 24.0 Å². The summed E-state index contributed by atoms with van der Waals surface area (Å²) in [6.45, 7) is 6.45. The molecule has 104 valence electrons. The molecule has 2 rings (SSSR count). The van der Waals surface area contributed by atoms with E-state index >= 15 is 0 Å². The number of carbonyl (C=O) groups is 1. The first-order valence-corrected chi connectivity index (χ1v) is 6.49. The van der Waals surface area contributed by atoms with E-state index in [4.69, 9.17) is 4.74 Å². The van der Waals surface area contributed by atoms with Crippen LogP contribution >= 0.6 is 0 Å². The lowest BCUT2D eigenvalue weighted by atomic mass is 10.1. The third-order valence-electron chi connectivity index (χ3n) is 2.75. The van der Waals surface area contributed by atoms with Gasteiger partial charge in [-0.15, -0.1) is 0 Å². The van der Waals surface area contributed by atoms with Crippen molar-refractivity contribution >= 4 is 12.0 Å². The summed E-state index contributed by atoms with van der Waals surface area (Å²) >= 11 is 0. The normalized spacial score (nSPS) is 19.2. The molecule has 1 atom stereocenters. The van der Waals surface area contributed by atoms with E-state index in [1.54, 1.807) is 12.4 Å². The van der Waals surface area contributed by atoms with Crippen molar-refractivity contribution in [2.75, 3.05) is 11.9 Å². The number of anilines is 1. The molecule has 0 saturated carbocycles. The molecule has 1 fully saturated rings. The van der Waals surface area contributed by atoms with Crippen molar-refractivity contribution in [3.8, 4) is 0 Å². The van der Waals surface area contributed by atoms with Crippen molar-refractivity contribution < 1.29 is 9.53 Å². The zero-order valence-electron chi connectivity index (χ0n) is 11.6. The summed E-state index contributed by atoms with van der Waals surface area (Å²) in [6, 6.07) is 0.329. The van der Waals surface area contributed by atoms with E-state index in [-0.39, 0.29) is 5.95 Å². The van der Waals surface area contributed by atoms with Gasteiger partial charge in [0.2, 0.25) is 5.95 Å². The molecule has 0 aromatic carbocycles. The highest BCUT2D eigenvalue weighted by atomic mass is 16.6. The quantitative estimate of drug-likeness (QED) is 0.856. The fourth-order valence-corrected chi connectivity index (χ4v) is 1.95. The Labute approximate surface area is 113 Å². The second-order valence-electron chi connectivity index (χ2n) is 5.62. The molecule has 0 spiro atoms. The monoisotopic (exact) mass is 264 g/mol. The van der Waals surface area contributed by atoms with Gasteiger partial charge < -0.3 is 10.1 Å². The Hall–Kier alpha value is -1.69. The van der Waals surface area contributed by atoms with Gasteiger partial charge in [-0.3, -0.25) is 5.32 Å². The number of carbonyl (C=O) groups excluding carboxylic acids is 1. The summed E-state index contributed by atoms with van der Waals surface area (Å²) in [5.41, 5.74) is 0.518. The van der Waals surface area contributed by atoms with Gasteiger partial charge in [-0.25, -0.2) is 14.8 Å². The summed E-state index contributed by atoms with van der Waals surface area (Å²) in [7, 11) is 0. The Balaban J connectivity index is 1.93. The Morgan fingerprint density at radius 2 is 2.11 bits per heavy atom. The van der Waals surface area contributed by atoms with Crippen LogP contribution in [0.2, 0.25) is 0 Å². The highest BCUT2D eigenvalue weighted by Gasteiger charge is 2.18. The van der Waals surface area contributed by atoms with Crippen molar-refractivity contribution in [2.45, 2.75) is 45.3 Å². The first-order valence-electron chi connectivity index (χ1n) is 6.49. The van der Waals surface area contributed by atoms with Gasteiger partial charge in [0.25, 0.3) is 0 Å². The highest BCUT2D eigenvalue weighted by molar-refractivity contribution is 5.82. The zero-order chi connectivity index (χ0) is 13.9. The van der Waals surface area contributed by atoms with Crippen molar-refractivity contribution in [3.63, 3.8) is 0 Å². The van der Waals surface area contributed by atoms with Crippen molar-refractivity contribution in [2.24, 2.45) is 0 Å². The molecule has 1 unspecified atom stereocenters. The van der Waals surface area contributed by atoms with Gasteiger partial charge in [0.15, 0.2) is 0 Å². The lowest BCUT2D eigenvalue weighted by molar-refractivity contribution is 0.0634. The van der Waals surface area contributed by atoms with Crippen LogP contribution in [0.15, 0.2) is 12.4 Å². The van der Waals surface area contributed by atoms with Gasteiger partial charge in [-0.1, -0.05) is 0 Å². The molecule has 1 aliphatic rings. The van der Waals surface area contributed by atoms with E-state index in [1.165, 1.54) is 6.42 Å². The molecule has 2 N–H and O–H groups in total. The number of hydrogen-bond acceptors (Lipinski definition) is 5. The van der Waals surface area contributed by atoms with Crippen LogP contribution in [0.3, 0.4) is 0 Å². The smallest absolute Gasteiger partial charge is 0.414 e. The summed E-state index contributed by atoms with van der Waals surface area (Å²) in [5.74, 6) is 0.260. The molecule has 2 heterocycles. The molecule has 19 heavy (non-hydrogen) atoms. The van der Waals surface area contributed by atoms with Gasteiger partial charge in [0.05, 0.1) is 0 Å². The van der Waals surface area contributed by atoms with Gasteiger partial charge in [-0.05, 0) is 40.2 Å². The number of ether oxygens (including phenoxy) is 1. The Morgan fingerprint density at radius 1 is 1.42 bits per heavy atom. The highest BCUT2D eigenvalue weighted by Crippen LogP contribution is 2.21. The van der Waals surface area contributed by atoms with Crippen molar-refractivity contribution in [3.05, 3.63) is 18.0 Å².